The van der Waals surface area contributed by atoms with Gasteiger partial charge in [0.1, 0.15) is 5.57 Å². The lowest BCUT2D eigenvalue weighted by Crippen LogP contribution is -2.27. The van der Waals surface area contributed by atoms with Crippen molar-refractivity contribution < 1.29 is 9.59 Å². The highest BCUT2D eigenvalue weighted by molar-refractivity contribution is 6.26. The highest BCUT2D eigenvalue weighted by atomic mass is 16.2. The van der Waals surface area contributed by atoms with Crippen molar-refractivity contribution in [2.75, 3.05) is 10.6 Å². The maximum Gasteiger partial charge on any atom is 0.262 e. The van der Waals surface area contributed by atoms with E-state index < -0.39 is 11.8 Å². The van der Waals surface area contributed by atoms with Gasteiger partial charge in [-0.3, -0.25) is 14.6 Å². The molecule has 3 N–H and O–H groups in total. The Morgan fingerprint density at radius 1 is 0.800 bits per heavy atom. The highest BCUT2D eigenvalue weighted by Crippen LogP contribution is 2.17. The number of carbonyl (C=O) groups is 2. The Labute approximate surface area is 176 Å². The van der Waals surface area contributed by atoms with Crippen molar-refractivity contribution in [2.45, 2.75) is 20.4 Å². The van der Waals surface area contributed by atoms with Gasteiger partial charge < -0.3 is 16.0 Å². The lowest BCUT2D eigenvalue weighted by Gasteiger charge is -2.13. The third kappa shape index (κ3) is 5.54. The quantitative estimate of drug-likeness (QED) is 0.319. The Hall–Kier alpha value is -3.93. The van der Waals surface area contributed by atoms with E-state index in [-0.39, 0.29) is 5.57 Å². The lowest BCUT2D eigenvalue weighted by atomic mass is 10.1. The maximum absolute atomic E-state index is 12.9. The van der Waals surface area contributed by atoms with Crippen molar-refractivity contribution in [2.24, 2.45) is 0 Å². The number of rotatable bonds is 7. The van der Waals surface area contributed by atoms with Crippen LogP contribution >= 0.6 is 0 Å². The SMILES string of the molecule is Cc1ccccc1NC(=O)C(=CNCc1ccccn1)C(=O)Nc1ccccc1C. The molecule has 6 heteroatoms. The first-order valence-electron chi connectivity index (χ1n) is 9.62. The number of anilines is 2. The topological polar surface area (TPSA) is 83.1 Å². The number of nitrogens with one attached hydrogen (secondary N) is 3. The summed E-state index contributed by atoms with van der Waals surface area (Å²) in [5, 5.41) is 8.65. The molecule has 0 atom stereocenters. The molecule has 0 spiro atoms. The first-order chi connectivity index (χ1) is 14.5. The molecule has 0 aliphatic heterocycles. The van der Waals surface area contributed by atoms with Crippen molar-refractivity contribution in [3.8, 4) is 0 Å². The van der Waals surface area contributed by atoms with Gasteiger partial charge in [-0.25, -0.2) is 0 Å². The molecule has 3 aromatic rings. The first kappa shape index (κ1) is 20.8. The molecule has 152 valence electrons. The summed E-state index contributed by atoms with van der Waals surface area (Å²) < 4.78 is 0. The number of carbonyl (C=O) groups excluding carboxylic acids is 2. The third-order valence-corrected chi connectivity index (χ3v) is 4.53. The van der Waals surface area contributed by atoms with Gasteiger partial charge in [0.05, 0.1) is 12.2 Å². The maximum atomic E-state index is 12.9. The van der Waals surface area contributed by atoms with Crippen LogP contribution in [0.4, 0.5) is 11.4 Å². The second-order valence-electron chi connectivity index (χ2n) is 6.80. The number of hydrogen-bond donors (Lipinski definition) is 3. The molecule has 0 aliphatic rings. The van der Waals surface area contributed by atoms with Crippen LogP contribution in [0.5, 0.6) is 0 Å². The Balaban J connectivity index is 1.80. The molecule has 6 nitrogen and oxygen atoms in total. The summed E-state index contributed by atoms with van der Waals surface area (Å²) in [7, 11) is 0. The van der Waals surface area contributed by atoms with Crippen molar-refractivity contribution >= 4 is 23.2 Å². The summed E-state index contributed by atoms with van der Waals surface area (Å²) in [5.74, 6) is -0.993. The van der Waals surface area contributed by atoms with Crippen LogP contribution < -0.4 is 16.0 Å². The van der Waals surface area contributed by atoms with E-state index in [0.717, 1.165) is 16.8 Å². The number of pyridine rings is 1. The van der Waals surface area contributed by atoms with E-state index in [1.165, 1.54) is 6.20 Å². The average molecular weight is 400 g/mol. The van der Waals surface area contributed by atoms with Gasteiger partial charge in [-0.1, -0.05) is 42.5 Å². The van der Waals surface area contributed by atoms with Crippen molar-refractivity contribution in [3.05, 3.63) is 102 Å². The van der Waals surface area contributed by atoms with Gasteiger partial charge in [-0.2, -0.15) is 0 Å². The molecule has 3 rings (SSSR count). The molecule has 1 aromatic heterocycles. The molecular formula is C24H24N4O2. The van der Waals surface area contributed by atoms with E-state index in [2.05, 4.69) is 20.9 Å². The van der Waals surface area contributed by atoms with Gasteiger partial charge in [0.25, 0.3) is 11.8 Å². The Morgan fingerprint density at radius 3 is 1.83 bits per heavy atom. The molecule has 0 saturated heterocycles. The summed E-state index contributed by atoms with van der Waals surface area (Å²) in [6.45, 7) is 4.18. The number of hydrogen-bond acceptors (Lipinski definition) is 4. The largest absolute Gasteiger partial charge is 0.384 e. The molecule has 1 heterocycles. The van der Waals surface area contributed by atoms with Crippen molar-refractivity contribution in [1.82, 2.24) is 10.3 Å². The van der Waals surface area contributed by atoms with E-state index in [9.17, 15) is 9.59 Å². The summed E-state index contributed by atoms with van der Waals surface area (Å²) in [4.78, 5) is 30.1. The van der Waals surface area contributed by atoms with Crippen LogP contribution in [-0.2, 0) is 16.1 Å². The molecule has 0 fully saturated rings. The Bertz CT molecular complexity index is 1000. The van der Waals surface area contributed by atoms with Crippen molar-refractivity contribution in [3.63, 3.8) is 0 Å². The van der Waals surface area contributed by atoms with Crippen LogP contribution in [0.2, 0.25) is 0 Å². The summed E-state index contributed by atoms with van der Waals surface area (Å²) in [6, 6.07) is 20.4. The summed E-state index contributed by atoms with van der Waals surface area (Å²) >= 11 is 0. The van der Waals surface area contributed by atoms with Crippen LogP contribution in [-0.4, -0.2) is 16.8 Å². The first-order valence-corrected chi connectivity index (χ1v) is 9.62. The predicted octanol–water partition coefficient (Wildman–Crippen LogP) is 3.95. The van der Waals surface area contributed by atoms with Crippen LogP contribution in [0.1, 0.15) is 16.8 Å². The fourth-order valence-electron chi connectivity index (χ4n) is 2.80. The summed E-state index contributed by atoms with van der Waals surface area (Å²) in [5.41, 5.74) is 3.89. The number of nitrogens with zero attached hydrogens (tertiary/aromatic N) is 1. The number of amides is 2. The van der Waals surface area contributed by atoms with E-state index >= 15 is 0 Å². The molecule has 0 saturated carbocycles. The number of benzene rings is 2. The van der Waals surface area contributed by atoms with Gasteiger partial charge in [0.2, 0.25) is 0 Å². The van der Waals surface area contributed by atoms with Crippen LogP contribution in [0.25, 0.3) is 0 Å². The smallest absolute Gasteiger partial charge is 0.262 e. The molecule has 0 radical (unpaired) electrons. The van der Waals surface area contributed by atoms with Crippen LogP contribution in [0.15, 0.2) is 84.7 Å². The van der Waals surface area contributed by atoms with Crippen LogP contribution in [0.3, 0.4) is 0 Å². The lowest BCUT2D eigenvalue weighted by molar-refractivity contribution is -0.118. The van der Waals surface area contributed by atoms with Crippen molar-refractivity contribution in [1.29, 1.82) is 0 Å². The average Bonchev–Trinajstić information content (AvgIpc) is 2.75. The fraction of sp³-hybridized carbons (Fsp3) is 0.125. The molecule has 0 unspecified atom stereocenters. The zero-order valence-corrected chi connectivity index (χ0v) is 17.0. The fourth-order valence-corrected chi connectivity index (χ4v) is 2.80. The zero-order valence-electron chi connectivity index (χ0n) is 17.0. The van der Waals surface area contributed by atoms with Crippen LogP contribution in [0, 0.1) is 13.8 Å². The number of aryl methyl sites for hydroxylation is 2. The number of aromatic nitrogens is 1. The molecule has 30 heavy (non-hydrogen) atoms. The normalized spacial score (nSPS) is 10.1. The second-order valence-corrected chi connectivity index (χ2v) is 6.80. The van der Waals surface area contributed by atoms with Gasteiger partial charge in [0.15, 0.2) is 0 Å². The second kappa shape index (κ2) is 10.0. The Morgan fingerprint density at radius 2 is 1.33 bits per heavy atom. The standard InChI is InChI=1S/C24H24N4O2/c1-17-9-3-5-12-21(17)27-23(29)20(16-25-15-19-11-7-8-14-26-19)24(30)28-22-13-6-4-10-18(22)2/h3-14,16,25H,15H2,1-2H3,(H,27,29)(H,28,30). The highest BCUT2D eigenvalue weighted by Gasteiger charge is 2.20. The van der Waals surface area contributed by atoms with E-state index in [1.807, 2.05) is 68.4 Å². The third-order valence-electron chi connectivity index (χ3n) is 4.53. The minimum atomic E-state index is -0.496. The van der Waals surface area contributed by atoms with Gasteiger partial charge in [-0.05, 0) is 49.2 Å². The summed E-state index contributed by atoms with van der Waals surface area (Å²) in [6.07, 6.45) is 3.12. The molecule has 2 aromatic carbocycles. The zero-order chi connectivity index (χ0) is 21.3. The minimum absolute atomic E-state index is 0.0302. The monoisotopic (exact) mass is 400 g/mol. The Kier molecular flexibility index (Phi) is 6.95. The number of para-hydroxylation sites is 2. The molecule has 0 aliphatic carbocycles. The molecular weight excluding hydrogens is 376 g/mol. The van der Waals surface area contributed by atoms with Gasteiger partial charge in [0, 0.05) is 23.8 Å². The predicted molar refractivity (Wildman–Crippen MR) is 119 cm³/mol. The van der Waals surface area contributed by atoms with E-state index in [1.54, 1.807) is 18.3 Å². The van der Waals surface area contributed by atoms with Gasteiger partial charge >= 0.3 is 0 Å². The minimum Gasteiger partial charge on any atom is -0.384 e. The van der Waals surface area contributed by atoms with E-state index in [0.29, 0.717) is 17.9 Å². The molecule has 2 amide bonds. The van der Waals surface area contributed by atoms with Gasteiger partial charge in [-0.15, -0.1) is 0 Å². The molecule has 0 bridgehead atoms. The van der Waals surface area contributed by atoms with E-state index in [4.69, 9.17) is 0 Å².